The van der Waals surface area contributed by atoms with Gasteiger partial charge in [-0.3, -0.25) is 0 Å². The number of aromatic nitrogens is 2. The summed E-state index contributed by atoms with van der Waals surface area (Å²) < 4.78 is 20.9. The van der Waals surface area contributed by atoms with E-state index in [9.17, 15) is 4.39 Å². The molecule has 0 saturated heterocycles. The number of pyridine rings is 2. The molecule has 0 saturated carbocycles. The van der Waals surface area contributed by atoms with Crippen LogP contribution in [0.25, 0.3) is 55.6 Å². The quantitative estimate of drug-likeness (QED) is 0.132. The zero-order valence-electron chi connectivity index (χ0n) is 26.8. The maximum Gasteiger partial charge on any atom is 0.147 e. The van der Waals surface area contributed by atoms with E-state index in [-0.39, 0.29) is 25.9 Å². The van der Waals surface area contributed by atoms with E-state index in [4.69, 9.17) is 4.42 Å². The van der Waals surface area contributed by atoms with Crippen molar-refractivity contribution in [1.29, 1.82) is 0 Å². The maximum absolute atomic E-state index is 14.8. The maximum atomic E-state index is 14.8. The predicted molar refractivity (Wildman–Crippen MR) is 187 cm³/mol. The van der Waals surface area contributed by atoms with Crippen LogP contribution in [0.1, 0.15) is 16.7 Å². The van der Waals surface area contributed by atoms with Crippen molar-refractivity contribution in [2.45, 2.75) is 40.4 Å². The Morgan fingerprint density at radius 3 is 2.11 bits per heavy atom. The molecule has 0 atom stereocenters. The van der Waals surface area contributed by atoms with Crippen molar-refractivity contribution in [2.75, 3.05) is 0 Å². The summed E-state index contributed by atoms with van der Waals surface area (Å²) in [5.41, 5.74) is 9.69. The second-order valence-electron chi connectivity index (χ2n) is 12.5. The summed E-state index contributed by atoms with van der Waals surface area (Å²) in [7, 11) is -1.23. The number of furan rings is 1. The fourth-order valence-electron chi connectivity index (χ4n) is 5.80. The van der Waals surface area contributed by atoms with Crippen LogP contribution >= 0.6 is 0 Å². The van der Waals surface area contributed by atoms with Gasteiger partial charge in [0.15, 0.2) is 0 Å². The van der Waals surface area contributed by atoms with Crippen molar-refractivity contribution in [3.63, 3.8) is 0 Å². The second kappa shape index (κ2) is 13.6. The molecular weight excluding hydrogens is 764 g/mol. The number of hydrogen-bond acceptors (Lipinski definition) is 3. The van der Waals surface area contributed by atoms with Gasteiger partial charge in [-0.2, -0.15) is 0 Å². The molecular formula is C40H35FIrN2OSi-2. The first-order valence-electron chi connectivity index (χ1n) is 15.1. The number of aryl methyl sites for hydroxylation is 3. The molecule has 0 spiro atoms. The van der Waals surface area contributed by atoms with Crippen molar-refractivity contribution >= 4 is 35.2 Å². The molecule has 0 aliphatic carbocycles. The number of benzene rings is 4. The van der Waals surface area contributed by atoms with Gasteiger partial charge in [-0.25, -0.2) is 4.39 Å². The normalized spacial score (nSPS) is 11.2. The first kappa shape index (κ1) is 33.1. The number of rotatable bonds is 4. The molecule has 7 rings (SSSR count). The third-order valence-electron chi connectivity index (χ3n) is 8.01. The molecule has 7 aromatic rings. The SMILES string of the molecule is C[Si](C)(C)c1ccc(-c2[c-]cccc2)nc1.Cc1cc(C)c(-c2cc(-c3[c-]ccc4c3oc3ccccc34)ncc2F)c(C)c1.[Ir]. The summed E-state index contributed by atoms with van der Waals surface area (Å²) in [6.45, 7) is 13.1. The van der Waals surface area contributed by atoms with Crippen LogP contribution in [0.2, 0.25) is 19.6 Å². The van der Waals surface area contributed by atoms with E-state index in [0.29, 0.717) is 11.3 Å². The van der Waals surface area contributed by atoms with Crippen molar-refractivity contribution in [3.8, 4) is 33.6 Å². The Bertz CT molecular complexity index is 2110. The minimum Gasteiger partial charge on any atom is -0.501 e. The van der Waals surface area contributed by atoms with E-state index in [1.807, 2.05) is 80.7 Å². The van der Waals surface area contributed by atoms with E-state index in [1.165, 1.54) is 16.9 Å². The number of halogens is 1. The molecule has 6 heteroatoms. The number of fused-ring (bicyclic) bond motifs is 3. The standard InChI is InChI=1S/C26H19FNO.C14H16NSi.Ir/c1-15-11-16(2)25(17(3)12-15)21-13-23(28-14-22(21)27)20-9-6-8-19-18-7-4-5-10-24(18)29-26(19)20;1-16(2,3)13-9-10-14(15-11-13)12-7-5-4-6-8-12;/h4-8,10-14H,1-3H3;4-7,9-11H,1-3H3;/q2*-1;. The van der Waals surface area contributed by atoms with Gasteiger partial charge in [-0.05, 0) is 60.1 Å². The summed E-state index contributed by atoms with van der Waals surface area (Å²) in [4.78, 5) is 8.88. The number of hydrogen-bond donors (Lipinski definition) is 0. The topological polar surface area (TPSA) is 38.9 Å². The predicted octanol–water partition coefficient (Wildman–Crippen LogP) is 10.3. The van der Waals surface area contributed by atoms with Crippen LogP contribution < -0.4 is 5.19 Å². The van der Waals surface area contributed by atoms with Crippen LogP contribution in [0.3, 0.4) is 0 Å². The Labute approximate surface area is 284 Å². The molecule has 4 aromatic carbocycles. The molecule has 0 aliphatic rings. The van der Waals surface area contributed by atoms with E-state index in [1.54, 1.807) is 6.07 Å². The minimum absolute atomic E-state index is 0. The fraction of sp³-hybridized carbons (Fsp3) is 0.150. The van der Waals surface area contributed by atoms with Crippen LogP contribution in [-0.2, 0) is 20.1 Å². The molecule has 0 N–H and O–H groups in total. The third-order valence-corrected chi connectivity index (χ3v) is 10.0. The van der Waals surface area contributed by atoms with E-state index >= 15 is 0 Å². The van der Waals surface area contributed by atoms with E-state index in [0.717, 1.165) is 55.4 Å². The van der Waals surface area contributed by atoms with Crippen LogP contribution in [0, 0.1) is 38.7 Å². The Hall–Kier alpha value is -4.22. The van der Waals surface area contributed by atoms with Crippen molar-refractivity contribution < 1.29 is 28.9 Å². The molecule has 46 heavy (non-hydrogen) atoms. The van der Waals surface area contributed by atoms with Crippen LogP contribution in [0.4, 0.5) is 4.39 Å². The zero-order chi connectivity index (χ0) is 31.7. The van der Waals surface area contributed by atoms with Crippen LogP contribution in [-0.4, -0.2) is 18.0 Å². The zero-order valence-corrected chi connectivity index (χ0v) is 30.2. The van der Waals surface area contributed by atoms with Gasteiger partial charge in [0.05, 0.1) is 19.9 Å². The molecule has 0 amide bonds. The van der Waals surface area contributed by atoms with E-state index < -0.39 is 8.07 Å². The molecule has 0 unspecified atom stereocenters. The molecule has 3 aromatic heterocycles. The molecule has 0 bridgehead atoms. The molecule has 1 radical (unpaired) electrons. The first-order chi connectivity index (χ1) is 21.6. The number of nitrogens with zero attached hydrogens (tertiary/aromatic N) is 2. The average Bonchev–Trinajstić information content (AvgIpc) is 3.41. The van der Waals surface area contributed by atoms with Gasteiger partial charge in [0.2, 0.25) is 0 Å². The van der Waals surface area contributed by atoms with Gasteiger partial charge < -0.3 is 14.4 Å². The molecule has 0 fully saturated rings. The fourth-order valence-corrected chi connectivity index (χ4v) is 6.84. The molecule has 3 heterocycles. The van der Waals surface area contributed by atoms with Gasteiger partial charge in [-0.1, -0.05) is 84.7 Å². The summed E-state index contributed by atoms with van der Waals surface area (Å²) in [5, 5.41) is 3.45. The van der Waals surface area contributed by atoms with Crippen molar-refractivity contribution in [2.24, 2.45) is 0 Å². The van der Waals surface area contributed by atoms with Gasteiger partial charge >= 0.3 is 0 Å². The Balaban J connectivity index is 0.000000209. The smallest absolute Gasteiger partial charge is 0.147 e. The van der Waals surface area contributed by atoms with Crippen LogP contribution in [0.15, 0.2) is 108 Å². The summed E-state index contributed by atoms with van der Waals surface area (Å²) in [6.07, 6.45) is 3.31. The van der Waals surface area contributed by atoms with Crippen LogP contribution in [0.5, 0.6) is 0 Å². The Morgan fingerprint density at radius 1 is 0.717 bits per heavy atom. The summed E-state index contributed by atoms with van der Waals surface area (Å²) >= 11 is 0. The largest absolute Gasteiger partial charge is 0.501 e. The summed E-state index contributed by atoms with van der Waals surface area (Å²) in [5.74, 6) is -0.333. The third kappa shape index (κ3) is 6.80. The Morgan fingerprint density at radius 2 is 1.43 bits per heavy atom. The van der Waals surface area contributed by atoms with Gasteiger partial charge in [-0.15, -0.1) is 54.1 Å². The average molecular weight is 799 g/mol. The molecule has 233 valence electrons. The molecule has 0 aliphatic heterocycles. The van der Waals surface area contributed by atoms with Gasteiger partial charge in [0.25, 0.3) is 0 Å². The Kier molecular flexibility index (Phi) is 9.83. The first-order valence-corrected chi connectivity index (χ1v) is 18.6. The summed E-state index contributed by atoms with van der Waals surface area (Å²) in [6, 6.07) is 36.4. The van der Waals surface area contributed by atoms with E-state index in [2.05, 4.69) is 72.9 Å². The number of para-hydroxylation sites is 1. The van der Waals surface area contributed by atoms with Crippen molar-refractivity contribution in [3.05, 3.63) is 138 Å². The second-order valence-corrected chi connectivity index (χ2v) is 17.6. The van der Waals surface area contributed by atoms with Gasteiger partial charge in [0, 0.05) is 37.3 Å². The van der Waals surface area contributed by atoms with Crippen molar-refractivity contribution in [1.82, 2.24) is 9.97 Å². The molecule has 3 nitrogen and oxygen atoms in total. The monoisotopic (exact) mass is 799 g/mol. The van der Waals surface area contributed by atoms with Gasteiger partial charge in [0.1, 0.15) is 11.4 Å². The minimum atomic E-state index is -1.23.